The fourth-order valence-electron chi connectivity index (χ4n) is 1.93. The Morgan fingerprint density at radius 2 is 1.89 bits per heavy atom. The third kappa shape index (κ3) is 3.12. The maximum atomic E-state index is 10.1. The lowest BCUT2D eigenvalue weighted by atomic mass is 10.1. The predicted octanol–water partition coefficient (Wildman–Crippen LogP) is 3.69. The van der Waals surface area contributed by atoms with Crippen molar-refractivity contribution in [2.24, 2.45) is 0 Å². The Bertz CT molecular complexity index is 558. The Hall–Kier alpha value is -1.87. The topological polar surface area (TPSA) is 32.7 Å². The number of hydrogen-bond donors (Lipinski definition) is 1. The number of hydrogen-bond acceptors (Lipinski definition) is 3. The maximum Gasteiger partial charge on any atom is 0.162 e. The first-order valence-corrected chi connectivity index (χ1v) is 6.31. The van der Waals surface area contributed by atoms with Gasteiger partial charge in [0.1, 0.15) is 0 Å². The van der Waals surface area contributed by atoms with Gasteiger partial charge in [0.05, 0.1) is 7.11 Å². The van der Waals surface area contributed by atoms with Crippen molar-refractivity contribution < 1.29 is 9.84 Å². The third-order valence-electron chi connectivity index (χ3n) is 2.94. The molecule has 3 nitrogen and oxygen atoms in total. The molecule has 2 aromatic rings. The molecule has 100 valence electrons. The third-order valence-corrected chi connectivity index (χ3v) is 3.16. The molecule has 0 fully saturated rings. The molecule has 2 aromatic carbocycles. The molecule has 0 aromatic heterocycles. The Morgan fingerprint density at radius 1 is 1.21 bits per heavy atom. The number of benzene rings is 2. The summed E-state index contributed by atoms with van der Waals surface area (Å²) in [5, 5.41) is 10.6. The Morgan fingerprint density at radius 3 is 2.53 bits per heavy atom. The number of nitrogens with zero attached hydrogens (tertiary/aromatic N) is 1. The van der Waals surface area contributed by atoms with E-state index in [-0.39, 0.29) is 5.75 Å². The van der Waals surface area contributed by atoms with Gasteiger partial charge in [-0.2, -0.15) is 0 Å². The van der Waals surface area contributed by atoms with Crippen LogP contribution in [-0.4, -0.2) is 19.3 Å². The summed E-state index contributed by atoms with van der Waals surface area (Å²) in [7, 11) is 3.47. The van der Waals surface area contributed by atoms with Crippen molar-refractivity contribution in [2.75, 3.05) is 19.1 Å². The quantitative estimate of drug-likeness (QED) is 0.925. The summed E-state index contributed by atoms with van der Waals surface area (Å²) < 4.78 is 5.10. The minimum atomic E-state index is 0.134. The largest absolute Gasteiger partial charge is 0.504 e. The summed E-state index contributed by atoms with van der Waals surface area (Å²) in [6.45, 7) is 0.548. The molecule has 19 heavy (non-hydrogen) atoms. The van der Waals surface area contributed by atoms with E-state index in [1.54, 1.807) is 12.1 Å². The van der Waals surface area contributed by atoms with Crippen molar-refractivity contribution in [3.8, 4) is 11.5 Å². The summed E-state index contributed by atoms with van der Waals surface area (Å²) in [5.74, 6) is 0.527. The second-order valence-electron chi connectivity index (χ2n) is 4.31. The van der Waals surface area contributed by atoms with Gasteiger partial charge in [-0.3, -0.25) is 0 Å². The molecular weight excluding hydrogens is 262 g/mol. The zero-order valence-electron chi connectivity index (χ0n) is 10.9. The van der Waals surface area contributed by atoms with E-state index in [1.165, 1.54) is 7.11 Å². The highest BCUT2D eigenvalue weighted by Gasteiger charge is 2.12. The van der Waals surface area contributed by atoms with Crippen LogP contribution in [-0.2, 0) is 6.54 Å². The second-order valence-corrected chi connectivity index (χ2v) is 4.74. The highest BCUT2D eigenvalue weighted by molar-refractivity contribution is 6.30. The van der Waals surface area contributed by atoms with Gasteiger partial charge in [-0.15, -0.1) is 0 Å². The van der Waals surface area contributed by atoms with Gasteiger partial charge in [0.2, 0.25) is 0 Å². The zero-order chi connectivity index (χ0) is 13.8. The van der Waals surface area contributed by atoms with Crippen LogP contribution >= 0.6 is 11.6 Å². The van der Waals surface area contributed by atoms with Gasteiger partial charge in [-0.05, 0) is 18.2 Å². The highest BCUT2D eigenvalue weighted by Crippen LogP contribution is 2.34. The molecule has 0 radical (unpaired) electrons. The van der Waals surface area contributed by atoms with E-state index in [0.717, 1.165) is 11.3 Å². The number of rotatable bonds is 4. The molecule has 0 saturated heterocycles. The first kappa shape index (κ1) is 13.6. The van der Waals surface area contributed by atoms with Crippen LogP contribution in [0.25, 0.3) is 0 Å². The SMILES string of the molecule is COc1cc(Cl)cc(CN(C)c2ccccc2)c1O. The Balaban J connectivity index is 2.26. The van der Waals surface area contributed by atoms with E-state index in [1.807, 2.05) is 42.3 Å². The van der Waals surface area contributed by atoms with Crippen LogP contribution in [0.3, 0.4) is 0 Å². The first-order valence-electron chi connectivity index (χ1n) is 5.93. The molecule has 0 aliphatic heterocycles. The lowest BCUT2D eigenvalue weighted by molar-refractivity contribution is 0.370. The number of para-hydroxylation sites is 1. The van der Waals surface area contributed by atoms with Crippen molar-refractivity contribution in [1.29, 1.82) is 0 Å². The lowest BCUT2D eigenvalue weighted by Crippen LogP contribution is -2.16. The fourth-order valence-corrected chi connectivity index (χ4v) is 2.16. The molecule has 0 aliphatic rings. The van der Waals surface area contributed by atoms with Gasteiger partial charge in [0, 0.05) is 35.9 Å². The number of phenolic OH excluding ortho intramolecular Hbond substituents is 1. The summed E-state index contributed by atoms with van der Waals surface area (Å²) in [6.07, 6.45) is 0. The average molecular weight is 278 g/mol. The number of phenols is 1. The number of methoxy groups -OCH3 is 1. The molecule has 2 rings (SSSR count). The summed E-state index contributed by atoms with van der Waals surface area (Å²) >= 11 is 6.02. The van der Waals surface area contributed by atoms with Crippen molar-refractivity contribution in [3.05, 3.63) is 53.1 Å². The van der Waals surface area contributed by atoms with Crippen LogP contribution in [0.4, 0.5) is 5.69 Å². The fraction of sp³-hybridized carbons (Fsp3) is 0.200. The summed E-state index contributed by atoms with van der Waals surface area (Å²) in [4.78, 5) is 2.03. The van der Waals surface area contributed by atoms with E-state index in [9.17, 15) is 5.11 Å². The molecule has 0 saturated carbocycles. The second kappa shape index (κ2) is 5.85. The Kier molecular flexibility index (Phi) is 4.17. The monoisotopic (exact) mass is 277 g/mol. The number of aromatic hydroxyl groups is 1. The summed E-state index contributed by atoms with van der Waals surface area (Å²) in [6, 6.07) is 13.3. The number of halogens is 1. The molecule has 0 atom stereocenters. The summed E-state index contributed by atoms with van der Waals surface area (Å²) in [5.41, 5.74) is 1.80. The van der Waals surface area contributed by atoms with E-state index >= 15 is 0 Å². The Labute approximate surface area is 118 Å². The number of ether oxygens (including phenoxy) is 1. The molecular formula is C15H16ClNO2. The van der Waals surface area contributed by atoms with Gasteiger partial charge in [-0.25, -0.2) is 0 Å². The average Bonchev–Trinajstić information content (AvgIpc) is 2.43. The van der Waals surface area contributed by atoms with Gasteiger partial charge >= 0.3 is 0 Å². The van der Waals surface area contributed by atoms with E-state index in [4.69, 9.17) is 16.3 Å². The first-order chi connectivity index (χ1) is 9.11. The smallest absolute Gasteiger partial charge is 0.162 e. The van der Waals surface area contributed by atoms with Crippen molar-refractivity contribution >= 4 is 17.3 Å². The van der Waals surface area contributed by atoms with Crippen LogP contribution in [0.15, 0.2) is 42.5 Å². The molecule has 0 heterocycles. The maximum absolute atomic E-state index is 10.1. The number of anilines is 1. The molecule has 0 spiro atoms. The van der Waals surface area contributed by atoms with E-state index in [2.05, 4.69) is 0 Å². The minimum absolute atomic E-state index is 0.134. The standard InChI is InChI=1S/C15H16ClNO2/c1-17(13-6-4-3-5-7-13)10-11-8-12(16)9-14(19-2)15(11)18/h3-9,18H,10H2,1-2H3. The minimum Gasteiger partial charge on any atom is -0.504 e. The van der Waals surface area contributed by atoms with E-state index < -0.39 is 0 Å². The van der Waals surface area contributed by atoms with Crippen molar-refractivity contribution in [1.82, 2.24) is 0 Å². The normalized spacial score (nSPS) is 10.3. The molecule has 1 N–H and O–H groups in total. The lowest BCUT2D eigenvalue weighted by Gasteiger charge is -2.20. The van der Waals surface area contributed by atoms with Crippen LogP contribution in [0, 0.1) is 0 Å². The zero-order valence-corrected chi connectivity index (χ0v) is 11.7. The predicted molar refractivity (Wildman–Crippen MR) is 78.2 cm³/mol. The van der Waals surface area contributed by atoms with Crippen LogP contribution in [0.2, 0.25) is 5.02 Å². The van der Waals surface area contributed by atoms with Crippen LogP contribution in [0.1, 0.15) is 5.56 Å². The van der Waals surface area contributed by atoms with Crippen LogP contribution < -0.4 is 9.64 Å². The van der Waals surface area contributed by atoms with E-state index in [0.29, 0.717) is 17.3 Å². The molecule has 0 aliphatic carbocycles. The molecule has 4 heteroatoms. The molecule has 0 bridgehead atoms. The van der Waals surface area contributed by atoms with Gasteiger partial charge in [0.25, 0.3) is 0 Å². The van der Waals surface area contributed by atoms with Crippen molar-refractivity contribution in [3.63, 3.8) is 0 Å². The van der Waals surface area contributed by atoms with Gasteiger partial charge < -0.3 is 14.7 Å². The van der Waals surface area contributed by atoms with Crippen LogP contribution in [0.5, 0.6) is 11.5 Å². The molecule has 0 unspecified atom stereocenters. The highest BCUT2D eigenvalue weighted by atomic mass is 35.5. The van der Waals surface area contributed by atoms with Gasteiger partial charge in [0.15, 0.2) is 11.5 Å². The molecule has 0 amide bonds. The van der Waals surface area contributed by atoms with Crippen molar-refractivity contribution in [2.45, 2.75) is 6.54 Å². The van der Waals surface area contributed by atoms with Gasteiger partial charge in [-0.1, -0.05) is 29.8 Å².